The van der Waals surface area contributed by atoms with E-state index in [0.29, 0.717) is 59.2 Å². The standard InChI is InChI=1S/C35H46.C34H44.4CH3.4ClH.2Zr/c1-6-7-13-22-35(27-16-11-12-17-27,26-14-9-8-10-15-26)33-31-23-25(2)18-20-29(31)30-21-19-28(24-32(30)33)34(3,4)5;1-6-7-21-34(26-15-11-12-16-26,25-13-9-8-10-14-25)32-30-22-24(2)17-19-28(30)29-20-18-27(23-31(29)32)33(3,4)5;;;;;;;;;;/h6,8-10,14-15,18-21,23-24,27,29-33H,1,7,11-13,16-17,22H2,2-5H3;6,8-10,13-14,17-20,22-23,26,28-32H,1,7,11-12,15-16,21H2,2-5H3;4*1H3;4*1H;;/q;;4*-1;;;;;2*+4/p-4. The Kier molecular flexibility index (Phi) is 30.0. The predicted molar refractivity (Wildman–Crippen MR) is 347 cm³/mol. The zero-order valence-corrected chi connectivity index (χ0v) is 58.8. The van der Waals surface area contributed by atoms with Crippen molar-refractivity contribution < 1.29 is 41.7 Å². The van der Waals surface area contributed by atoms with Crippen molar-refractivity contribution in [3.63, 3.8) is 0 Å². The second-order valence-corrected chi connectivity index (χ2v) is 33.1. The zero-order chi connectivity index (χ0) is 54.0. The molecule has 0 saturated heterocycles. The number of halogens is 4. The van der Waals surface area contributed by atoms with Crippen LogP contribution in [0.4, 0.5) is 0 Å². The van der Waals surface area contributed by atoms with Crippen LogP contribution in [0.5, 0.6) is 0 Å². The molecule has 12 unspecified atom stereocenters. The normalized spacial score (nSPS) is 28.4. The Morgan fingerprint density at radius 3 is 1.10 bits per heavy atom. The minimum absolute atomic E-state index is 0. The van der Waals surface area contributed by atoms with Crippen LogP contribution in [0.25, 0.3) is 0 Å². The van der Waals surface area contributed by atoms with Crippen LogP contribution >= 0.6 is 34.1 Å². The van der Waals surface area contributed by atoms with Crippen molar-refractivity contribution in [2.45, 2.75) is 150 Å². The van der Waals surface area contributed by atoms with Gasteiger partial charge in [0.05, 0.1) is 0 Å². The van der Waals surface area contributed by atoms with Crippen molar-refractivity contribution in [3.8, 4) is 0 Å². The maximum absolute atomic E-state index is 4.93. The summed E-state index contributed by atoms with van der Waals surface area (Å²) in [5, 5.41) is 0. The molecule has 0 aromatic heterocycles. The molecule has 0 N–H and O–H groups in total. The summed E-state index contributed by atoms with van der Waals surface area (Å²) in [7, 11) is 19.7. The Bertz CT molecular complexity index is 2430. The van der Waals surface area contributed by atoms with E-state index in [-0.39, 0.29) is 51.4 Å². The van der Waals surface area contributed by atoms with Gasteiger partial charge in [0.15, 0.2) is 0 Å². The molecular weight excluding hydrogens is 1200 g/mol. The maximum atomic E-state index is 4.93. The van der Waals surface area contributed by atoms with Gasteiger partial charge in [-0.15, -0.1) is 13.2 Å². The van der Waals surface area contributed by atoms with E-state index in [1.807, 2.05) is 0 Å². The van der Waals surface area contributed by atoms with Crippen LogP contribution in [-0.4, -0.2) is 0 Å². The number of fused-ring (bicyclic) bond motifs is 6. The van der Waals surface area contributed by atoms with Crippen LogP contribution in [0.15, 0.2) is 181 Å². The first kappa shape index (κ1) is 72.0. The number of allylic oxidation sites excluding steroid dienone is 18. The van der Waals surface area contributed by atoms with Crippen molar-refractivity contribution in [2.75, 3.05) is 0 Å². The summed E-state index contributed by atoms with van der Waals surface area (Å²) in [5.41, 5.74) is 9.96. The molecule has 0 nitrogen and oxygen atoms in total. The Morgan fingerprint density at radius 1 is 0.456 bits per heavy atom. The molecule has 0 spiro atoms. The van der Waals surface area contributed by atoms with Crippen LogP contribution in [-0.2, 0) is 52.5 Å². The molecule has 8 aliphatic rings. The average molecular weight is 1300 g/mol. The first-order valence-corrected chi connectivity index (χ1v) is 41.5. The topological polar surface area (TPSA) is 0 Å². The van der Waals surface area contributed by atoms with Crippen LogP contribution in [0.1, 0.15) is 150 Å². The number of hydrogen-bond donors (Lipinski definition) is 0. The van der Waals surface area contributed by atoms with Crippen molar-refractivity contribution in [2.24, 2.45) is 81.8 Å². The van der Waals surface area contributed by atoms with Crippen molar-refractivity contribution in [1.82, 2.24) is 0 Å². The van der Waals surface area contributed by atoms with Gasteiger partial charge in [-0.3, -0.25) is 0 Å². The van der Waals surface area contributed by atoms with Crippen LogP contribution in [0, 0.1) is 112 Å². The van der Waals surface area contributed by atoms with Crippen LogP contribution in [0.3, 0.4) is 0 Å². The first-order chi connectivity index (χ1) is 36.0. The molecule has 4 fully saturated rings. The molecular formula is C73H102Cl4Zr2. The fraction of sp³-hybridized carbons (Fsp3) is 0.507. The molecule has 79 heavy (non-hydrogen) atoms. The molecule has 2 aromatic carbocycles. The molecule has 0 heterocycles. The third-order valence-corrected chi connectivity index (χ3v) is 19.6. The fourth-order valence-electron chi connectivity index (χ4n) is 16.6. The Morgan fingerprint density at radius 2 is 0.772 bits per heavy atom. The van der Waals surface area contributed by atoms with Gasteiger partial charge in [-0.2, -0.15) is 0 Å². The monoisotopic (exact) mass is 1300 g/mol. The van der Waals surface area contributed by atoms with Crippen LogP contribution in [0.2, 0.25) is 0 Å². The molecule has 430 valence electrons. The second-order valence-electron chi connectivity index (χ2n) is 25.6. The van der Waals surface area contributed by atoms with Gasteiger partial charge in [0.25, 0.3) is 0 Å². The molecule has 0 radical (unpaired) electrons. The molecule has 8 aliphatic carbocycles. The Hall–Kier alpha value is -1.23. The second kappa shape index (κ2) is 32.9. The molecule has 12 atom stereocenters. The Balaban J connectivity index is 0.000000361. The third kappa shape index (κ3) is 16.0. The van der Waals surface area contributed by atoms with E-state index in [0.717, 1.165) is 24.7 Å². The molecule has 0 bridgehead atoms. The van der Waals surface area contributed by atoms with Gasteiger partial charge < -0.3 is 29.7 Å². The fourth-order valence-corrected chi connectivity index (χ4v) is 16.6. The first-order valence-electron chi connectivity index (χ1n) is 28.8. The van der Waals surface area contributed by atoms with Crippen molar-refractivity contribution in [3.05, 3.63) is 222 Å². The van der Waals surface area contributed by atoms with Gasteiger partial charge in [-0.1, -0.05) is 224 Å². The molecule has 4 saturated carbocycles. The number of benzene rings is 2. The molecule has 6 heteroatoms. The van der Waals surface area contributed by atoms with Gasteiger partial charge in [-0.25, -0.2) is 0 Å². The summed E-state index contributed by atoms with van der Waals surface area (Å²) in [6.07, 6.45) is 52.2. The minimum atomic E-state index is -0.826. The average Bonchev–Trinajstić information content (AvgIpc) is 4.25. The summed E-state index contributed by atoms with van der Waals surface area (Å²) >= 11 is -1.65. The van der Waals surface area contributed by atoms with E-state index in [4.69, 9.17) is 34.1 Å². The summed E-state index contributed by atoms with van der Waals surface area (Å²) in [4.78, 5) is 0. The summed E-state index contributed by atoms with van der Waals surface area (Å²) < 4.78 is 0. The van der Waals surface area contributed by atoms with Gasteiger partial charge >= 0.3 is 75.7 Å². The number of rotatable bonds is 13. The quantitative estimate of drug-likeness (QED) is 0.107. The molecule has 2 aromatic rings. The van der Waals surface area contributed by atoms with E-state index in [9.17, 15) is 0 Å². The molecule has 0 amide bonds. The predicted octanol–water partition coefficient (Wildman–Crippen LogP) is 23.4. The van der Waals surface area contributed by atoms with Gasteiger partial charge in [0, 0.05) is 10.8 Å². The van der Waals surface area contributed by atoms with Crippen molar-refractivity contribution in [1.29, 1.82) is 0 Å². The van der Waals surface area contributed by atoms with Gasteiger partial charge in [-0.05, 0) is 176 Å². The summed E-state index contributed by atoms with van der Waals surface area (Å²) in [6, 6.07) is 23.5. The van der Waals surface area contributed by atoms with E-state index >= 15 is 0 Å². The number of hydrogen-bond acceptors (Lipinski definition) is 0. The SMILES string of the molecule is C=CCCC(c1ccccc1)(C1CCCC1)C1C2C=C(C)C=CC2C2C=CC(C(C)(C)C)=CC21.C=CCCCC(c1ccccc1)(C1CCCC1)C1C2C=C(C)C=CC2C2C=CC(C(C)(C)C)=CC21.[CH3-].[CH3-].[CH3-].[CH3-].[Cl][Zr+2][Cl].[Cl][Zr+2][Cl]. The van der Waals surface area contributed by atoms with E-state index < -0.39 is 41.7 Å². The third-order valence-electron chi connectivity index (χ3n) is 19.6. The van der Waals surface area contributed by atoms with E-state index in [1.54, 1.807) is 11.1 Å². The zero-order valence-electron chi connectivity index (χ0n) is 50.9. The van der Waals surface area contributed by atoms with Crippen LogP contribution < -0.4 is 0 Å². The summed E-state index contributed by atoms with van der Waals surface area (Å²) in [6.45, 7) is 27.2. The van der Waals surface area contributed by atoms with Crippen molar-refractivity contribution >= 4 is 34.1 Å². The summed E-state index contributed by atoms with van der Waals surface area (Å²) in [5.74, 6) is 7.64. The molecule has 10 rings (SSSR count). The van der Waals surface area contributed by atoms with E-state index in [2.05, 4.69) is 214 Å². The van der Waals surface area contributed by atoms with Gasteiger partial charge in [0.1, 0.15) is 0 Å². The Labute approximate surface area is 524 Å². The number of unbranched alkanes of at least 4 members (excludes halogenated alkanes) is 1. The van der Waals surface area contributed by atoms with Gasteiger partial charge in [0.2, 0.25) is 0 Å². The van der Waals surface area contributed by atoms with E-state index in [1.165, 1.54) is 92.9 Å². The molecule has 0 aliphatic heterocycles.